The molecule has 17 heavy (non-hydrogen) atoms. The summed E-state index contributed by atoms with van der Waals surface area (Å²) in [5.74, 6) is 0.00931. The first-order valence-electron chi connectivity index (χ1n) is 5.37. The molecule has 0 saturated carbocycles. The van der Waals surface area contributed by atoms with Gasteiger partial charge < -0.3 is 5.32 Å². The molecule has 3 nitrogen and oxygen atoms in total. The quantitative estimate of drug-likeness (QED) is 0.807. The Kier molecular flexibility index (Phi) is 5.68. The first-order chi connectivity index (χ1) is 8.04. The zero-order valence-electron chi connectivity index (χ0n) is 10.1. The maximum absolute atomic E-state index is 11.7. The molecule has 1 N–H and O–H groups in total. The molecule has 0 radical (unpaired) electrons. The van der Waals surface area contributed by atoms with Crippen LogP contribution in [0.1, 0.15) is 11.8 Å². The Labute approximate surface area is 111 Å². The lowest BCUT2D eigenvalue weighted by atomic mass is 10.2. The van der Waals surface area contributed by atoms with Gasteiger partial charge in [-0.1, -0.05) is 17.7 Å². The van der Waals surface area contributed by atoms with Gasteiger partial charge in [-0.05, 0) is 26.1 Å². The smallest absolute Gasteiger partial charge is 0.237 e. The molecule has 0 aliphatic carbocycles. The van der Waals surface area contributed by atoms with E-state index in [2.05, 4.69) is 11.9 Å². The van der Waals surface area contributed by atoms with E-state index >= 15 is 0 Å². The van der Waals surface area contributed by atoms with Crippen molar-refractivity contribution in [1.82, 2.24) is 10.2 Å². The minimum atomic E-state index is -0.171. The molecule has 0 bridgehead atoms. The number of thiophene rings is 1. The average Bonchev–Trinajstić information content (AvgIpc) is 2.70. The van der Waals surface area contributed by atoms with Gasteiger partial charge in [-0.25, -0.2) is 0 Å². The number of halogens is 1. The topological polar surface area (TPSA) is 32.3 Å². The number of likely N-dealkylation sites (N-methyl/N-ethyl adjacent to an activating group) is 1. The van der Waals surface area contributed by atoms with Crippen LogP contribution in [0.15, 0.2) is 24.8 Å². The summed E-state index contributed by atoms with van der Waals surface area (Å²) in [6.45, 7) is 6.67. The van der Waals surface area contributed by atoms with Crippen LogP contribution in [0.25, 0.3) is 0 Å². The van der Waals surface area contributed by atoms with Crippen molar-refractivity contribution in [2.75, 3.05) is 13.6 Å². The van der Waals surface area contributed by atoms with Crippen LogP contribution in [-0.2, 0) is 11.3 Å². The second-order valence-electron chi connectivity index (χ2n) is 3.83. The lowest BCUT2D eigenvalue weighted by Crippen LogP contribution is -2.42. The van der Waals surface area contributed by atoms with E-state index in [1.807, 2.05) is 31.0 Å². The average molecular weight is 273 g/mol. The zero-order chi connectivity index (χ0) is 12.8. The fourth-order valence-electron chi connectivity index (χ4n) is 1.34. The molecule has 0 aliphatic heterocycles. The SMILES string of the molecule is C=CCNC(=O)C(C)N(C)Cc1ccc(Cl)s1. The van der Waals surface area contributed by atoms with Crippen molar-refractivity contribution in [3.8, 4) is 0 Å². The van der Waals surface area contributed by atoms with Gasteiger partial charge in [0.2, 0.25) is 5.91 Å². The Morgan fingerprint density at radius 3 is 2.94 bits per heavy atom. The van der Waals surface area contributed by atoms with Crippen molar-refractivity contribution in [2.45, 2.75) is 19.5 Å². The lowest BCUT2D eigenvalue weighted by Gasteiger charge is -2.22. The highest BCUT2D eigenvalue weighted by atomic mass is 35.5. The summed E-state index contributed by atoms with van der Waals surface area (Å²) in [5, 5.41) is 2.78. The molecule has 0 aliphatic rings. The molecule has 0 spiro atoms. The summed E-state index contributed by atoms with van der Waals surface area (Å²) >= 11 is 7.40. The van der Waals surface area contributed by atoms with E-state index in [1.54, 1.807) is 6.08 Å². The van der Waals surface area contributed by atoms with Crippen LogP contribution in [0, 0.1) is 0 Å². The van der Waals surface area contributed by atoms with Crippen molar-refractivity contribution in [2.24, 2.45) is 0 Å². The van der Waals surface area contributed by atoms with Crippen LogP contribution >= 0.6 is 22.9 Å². The first kappa shape index (κ1) is 14.2. The summed E-state index contributed by atoms with van der Waals surface area (Å²) in [5.41, 5.74) is 0. The highest BCUT2D eigenvalue weighted by molar-refractivity contribution is 7.16. The maximum atomic E-state index is 11.7. The van der Waals surface area contributed by atoms with Crippen molar-refractivity contribution < 1.29 is 4.79 Å². The van der Waals surface area contributed by atoms with Crippen molar-refractivity contribution in [3.05, 3.63) is 34.0 Å². The van der Waals surface area contributed by atoms with E-state index in [0.29, 0.717) is 6.54 Å². The van der Waals surface area contributed by atoms with Crippen LogP contribution in [0.4, 0.5) is 0 Å². The van der Waals surface area contributed by atoms with Crippen molar-refractivity contribution in [1.29, 1.82) is 0 Å². The molecule has 1 atom stereocenters. The molecule has 5 heteroatoms. The van der Waals surface area contributed by atoms with Crippen LogP contribution < -0.4 is 5.32 Å². The Bertz CT molecular complexity index is 392. The Morgan fingerprint density at radius 1 is 1.71 bits per heavy atom. The predicted octanol–water partition coefficient (Wildman–Crippen LogP) is 2.52. The molecule has 1 heterocycles. The first-order valence-corrected chi connectivity index (χ1v) is 6.57. The molecule has 94 valence electrons. The number of hydrogen-bond acceptors (Lipinski definition) is 3. The van der Waals surface area contributed by atoms with Crippen LogP contribution in [0.5, 0.6) is 0 Å². The number of hydrogen-bond donors (Lipinski definition) is 1. The van der Waals surface area contributed by atoms with Gasteiger partial charge in [0.05, 0.1) is 10.4 Å². The Hall–Kier alpha value is -0.840. The minimum Gasteiger partial charge on any atom is -0.351 e. The molecule has 1 aromatic rings. The fourth-order valence-corrected chi connectivity index (χ4v) is 2.49. The third-order valence-corrected chi connectivity index (χ3v) is 3.71. The maximum Gasteiger partial charge on any atom is 0.237 e. The Balaban J connectivity index is 2.48. The van der Waals surface area contributed by atoms with Crippen LogP contribution in [0.3, 0.4) is 0 Å². The zero-order valence-corrected chi connectivity index (χ0v) is 11.6. The summed E-state index contributed by atoms with van der Waals surface area (Å²) in [4.78, 5) is 14.9. The lowest BCUT2D eigenvalue weighted by molar-refractivity contribution is -0.125. The minimum absolute atomic E-state index is 0.00931. The highest BCUT2D eigenvalue weighted by Gasteiger charge is 2.17. The second kappa shape index (κ2) is 6.79. The number of nitrogens with zero attached hydrogens (tertiary/aromatic N) is 1. The van der Waals surface area contributed by atoms with Gasteiger partial charge in [0.25, 0.3) is 0 Å². The van der Waals surface area contributed by atoms with Crippen LogP contribution in [0.2, 0.25) is 4.34 Å². The van der Waals surface area contributed by atoms with E-state index in [4.69, 9.17) is 11.6 Å². The third-order valence-electron chi connectivity index (χ3n) is 2.50. The van der Waals surface area contributed by atoms with E-state index in [0.717, 1.165) is 15.8 Å². The molecule has 0 fully saturated rings. The molecule has 0 aromatic carbocycles. The number of carbonyl (C=O) groups is 1. The molecule has 0 saturated heterocycles. The monoisotopic (exact) mass is 272 g/mol. The van der Waals surface area contributed by atoms with E-state index in [1.165, 1.54) is 11.3 Å². The van der Waals surface area contributed by atoms with Crippen molar-refractivity contribution >= 4 is 28.8 Å². The molecule has 1 amide bonds. The number of carbonyl (C=O) groups excluding carboxylic acids is 1. The van der Waals surface area contributed by atoms with E-state index in [-0.39, 0.29) is 11.9 Å². The number of nitrogens with one attached hydrogen (secondary N) is 1. The summed E-state index contributed by atoms with van der Waals surface area (Å²) in [6.07, 6.45) is 1.67. The number of amides is 1. The largest absolute Gasteiger partial charge is 0.351 e. The third kappa shape index (κ3) is 4.50. The normalized spacial score (nSPS) is 12.5. The molecular weight excluding hydrogens is 256 g/mol. The van der Waals surface area contributed by atoms with Gasteiger partial charge >= 0.3 is 0 Å². The number of rotatable bonds is 6. The standard InChI is InChI=1S/C12H17ClN2OS/c1-4-7-14-12(16)9(2)15(3)8-10-5-6-11(13)17-10/h4-6,9H,1,7-8H2,2-3H3,(H,14,16). The molecule has 1 aromatic heterocycles. The second-order valence-corrected chi connectivity index (χ2v) is 5.63. The van der Waals surface area contributed by atoms with Crippen molar-refractivity contribution in [3.63, 3.8) is 0 Å². The fraction of sp³-hybridized carbons (Fsp3) is 0.417. The van der Waals surface area contributed by atoms with Gasteiger partial charge in [0.15, 0.2) is 0 Å². The molecule has 1 unspecified atom stereocenters. The van der Waals surface area contributed by atoms with Gasteiger partial charge in [0, 0.05) is 18.0 Å². The predicted molar refractivity (Wildman–Crippen MR) is 73.5 cm³/mol. The van der Waals surface area contributed by atoms with Gasteiger partial charge in [0.1, 0.15) is 0 Å². The summed E-state index contributed by atoms with van der Waals surface area (Å²) in [6, 6.07) is 3.69. The molecule has 1 rings (SSSR count). The highest BCUT2D eigenvalue weighted by Crippen LogP contribution is 2.22. The summed E-state index contributed by atoms with van der Waals surface area (Å²) in [7, 11) is 1.92. The molecular formula is C12H17ClN2OS. The van der Waals surface area contributed by atoms with Gasteiger partial charge in [-0.15, -0.1) is 17.9 Å². The van der Waals surface area contributed by atoms with E-state index < -0.39 is 0 Å². The van der Waals surface area contributed by atoms with Crippen LogP contribution in [-0.4, -0.2) is 30.4 Å². The van der Waals surface area contributed by atoms with Gasteiger partial charge in [-0.3, -0.25) is 9.69 Å². The summed E-state index contributed by atoms with van der Waals surface area (Å²) < 4.78 is 0.775. The van der Waals surface area contributed by atoms with Gasteiger partial charge in [-0.2, -0.15) is 0 Å². The van der Waals surface area contributed by atoms with E-state index in [9.17, 15) is 4.79 Å². The Morgan fingerprint density at radius 2 is 2.41 bits per heavy atom.